The van der Waals surface area contributed by atoms with Crippen LogP contribution in [0.15, 0.2) is 83.7 Å². The van der Waals surface area contributed by atoms with Gasteiger partial charge in [-0.05, 0) is 42.3 Å². The smallest absolute Gasteiger partial charge is 0.279 e. The number of fused-ring (bicyclic) bond motifs is 1. The van der Waals surface area contributed by atoms with Crippen molar-refractivity contribution in [3.8, 4) is 5.69 Å². The van der Waals surface area contributed by atoms with E-state index in [1.165, 1.54) is 16.8 Å². The molecule has 3 aromatic carbocycles. The molecular formula is C23H18FN3O2. The van der Waals surface area contributed by atoms with Gasteiger partial charge >= 0.3 is 0 Å². The zero-order chi connectivity index (χ0) is 20.2. The van der Waals surface area contributed by atoms with Crippen LogP contribution in [0.5, 0.6) is 0 Å². The fourth-order valence-electron chi connectivity index (χ4n) is 3.20. The number of rotatable bonds is 5. The van der Waals surface area contributed by atoms with Gasteiger partial charge in [0.05, 0.1) is 11.1 Å². The number of halogens is 1. The van der Waals surface area contributed by atoms with E-state index in [1.807, 2.05) is 6.07 Å². The molecule has 4 aromatic rings. The second-order valence-electron chi connectivity index (χ2n) is 6.58. The fraction of sp³-hybridized carbons (Fsp3) is 0.0870. The van der Waals surface area contributed by atoms with E-state index in [9.17, 15) is 14.0 Å². The van der Waals surface area contributed by atoms with Crippen LogP contribution in [0.2, 0.25) is 0 Å². The monoisotopic (exact) mass is 387 g/mol. The zero-order valence-electron chi connectivity index (χ0n) is 15.5. The molecule has 144 valence electrons. The number of nitrogens with one attached hydrogen (secondary N) is 1. The standard InChI is InChI=1S/C23H18FN3O2/c24-17-8-6-7-16(15-17)13-14-25-22(28)21-19-11-4-5-12-20(19)23(29)27(26-21)18-9-2-1-3-10-18/h1-12,15H,13-14H2,(H,25,28). The number of hydrogen-bond acceptors (Lipinski definition) is 3. The molecule has 4 rings (SSSR count). The molecule has 6 heteroatoms. The highest BCUT2D eigenvalue weighted by atomic mass is 19.1. The van der Waals surface area contributed by atoms with E-state index >= 15 is 0 Å². The second-order valence-corrected chi connectivity index (χ2v) is 6.58. The lowest BCUT2D eigenvalue weighted by Crippen LogP contribution is -2.31. The van der Waals surface area contributed by atoms with Crippen LogP contribution in [0.1, 0.15) is 16.1 Å². The first kappa shape index (κ1) is 18.6. The first-order valence-corrected chi connectivity index (χ1v) is 9.23. The highest BCUT2D eigenvalue weighted by Gasteiger charge is 2.17. The van der Waals surface area contributed by atoms with Gasteiger partial charge in [-0.3, -0.25) is 9.59 Å². The Balaban J connectivity index is 1.66. The number of amides is 1. The van der Waals surface area contributed by atoms with E-state index in [2.05, 4.69) is 10.4 Å². The van der Waals surface area contributed by atoms with Crippen LogP contribution in [0.3, 0.4) is 0 Å². The largest absolute Gasteiger partial charge is 0.350 e. The number of carbonyl (C=O) groups excluding carboxylic acids is 1. The van der Waals surface area contributed by atoms with E-state index in [1.54, 1.807) is 60.7 Å². The summed E-state index contributed by atoms with van der Waals surface area (Å²) in [5.41, 5.74) is 1.25. The van der Waals surface area contributed by atoms with Gasteiger partial charge < -0.3 is 5.32 Å². The van der Waals surface area contributed by atoms with Gasteiger partial charge in [0.2, 0.25) is 0 Å². The van der Waals surface area contributed by atoms with Crippen LogP contribution in [0.4, 0.5) is 4.39 Å². The van der Waals surface area contributed by atoms with Crippen molar-refractivity contribution in [1.82, 2.24) is 15.1 Å². The summed E-state index contributed by atoms with van der Waals surface area (Å²) in [5, 5.41) is 8.07. The normalized spacial score (nSPS) is 10.8. The van der Waals surface area contributed by atoms with Crippen molar-refractivity contribution in [2.45, 2.75) is 6.42 Å². The molecule has 0 spiro atoms. The molecule has 0 unspecified atom stereocenters. The number of nitrogens with zero attached hydrogens (tertiary/aromatic N) is 2. The summed E-state index contributed by atoms with van der Waals surface area (Å²) in [7, 11) is 0. The molecule has 0 atom stereocenters. The number of benzene rings is 3. The van der Waals surface area contributed by atoms with Crippen molar-refractivity contribution in [2.75, 3.05) is 6.54 Å². The Kier molecular flexibility index (Phi) is 5.16. The van der Waals surface area contributed by atoms with Crippen molar-refractivity contribution in [1.29, 1.82) is 0 Å². The van der Waals surface area contributed by atoms with Crippen molar-refractivity contribution >= 4 is 16.7 Å². The predicted molar refractivity (Wildman–Crippen MR) is 110 cm³/mol. The van der Waals surface area contributed by atoms with Gasteiger partial charge in [0.1, 0.15) is 5.82 Å². The van der Waals surface area contributed by atoms with Gasteiger partial charge in [-0.2, -0.15) is 9.78 Å². The van der Waals surface area contributed by atoms with Crippen molar-refractivity contribution in [3.05, 3.63) is 106 Å². The quantitative estimate of drug-likeness (QED) is 0.570. The van der Waals surface area contributed by atoms with Crippen LogP contribution in [-0.2, 0) is 6.42 Å². The minimum absolute atomic E-state index is 0.170. The third kappa shape index (κ3) is 3.91. The van der Waals surface area contributed by atoms with E-state index < -0.39 is 0 Å². The minimum Gasteiger partial charge on any atom is -0.350 e. The number of carbonyl (C=O) groups is 1. The molecule has 1 heterocycles. The highest BCUT2D eigenvalue weighted by molar-refractivity contribution is 6.04. The van der Waals surface area contributed by atoms with Crippen LogP contribution in [-0.4, -0.2) is 22.2 Å². The topological polar surface area (TPSA) is 64.0 Å². The molecule has 1 amide bonds. The van der Waals surface area contributed by atoms with Gasteiger partial charge in [0, 0.05) is 11.9 Å². The third-order valence-corrected chi connectivity index (χ3v) is 4.61. The van der Waals surface area contributed by atoms with Crippen LogP contribution in [0.25, 0.3) is 16.5 Å². The lowest BCUT2D eigenvalue weighted by atomic mass is 10.1. The molecule has 29 heavy (non-hydrogen) atoms. The van der Waals surface area contributed by atoms with Gasteiger partial charge in [0.25, 0.3) is 11.5 Å². The number of aromatic nitrogens is 2. The number of para-hydroxylation sites is 1. The maximum atomic E-state index is 13.3. The van der Waals surface area contributed by atoms with Crippen LogP contribution in [0, 0.1) is 5.82 Å². The fourth-order valence-corrected chi connectivity index (χ4v) is 3.20. The Morgan fingerprint density at radius 3 is 2.41 bits per heavy atom. The SMILES string of the molecule is O=C(NCCc1cccc(F)c1)c1nn(-c2ccccc2)c(=O)c2ccccc12. The van der Waals surface area contributed by atoms with E-state index in [0.717, 1.165) is 5.56 Å². The Labute approximate surface area is 166 Å². The molecule has 1 aromatic heterocycles. The van der Waals surface area contributed by atoms with Gasteiger partial charge in [0.15, 0.2) is 5.69 Å². The minimum atomic E-state index is -0.387. The molecule has 0 saturated carbocycles. The van der Waals surface area contributed by atoms with E-state index in [-0.39, 0.29) is 23.0 Å². The van der Waals surface area contributed by atoms with Gasteiger partial charge in [-0.1, -0.05) is 48.5 Å². The summed E-state index contributed by atoms with van der Waals surface area (Å²) in [6.45, 7) is 0.322. The molecular weight excluding hydrogens is 369 g/mol. The molecule has 0 aliphatic carbocycles. The van der Waals surface area contributed by atoms with Crippen LogP contribution < -0.4 is 10.9 Å². The summed E-state index contributed by atoms with van der Waals surface area (Å²) < 4.78 is 14.5. The molecule has 0 radical (unpaired) electrons. The van der Waals surface area contributed by atoms with Crippen molar-refractivity contribution in [2.24, 2.45) is 0 Å². The van der Waals surface area contributed by atoms with Crippen LogP contribution >= 0.6 is 0 Å². The highest BCUT2D eigenvalue weighted by Crippen LogP contribution is 2.15. The summed E-state index contributed by atoms with van der Waals surface area (Å²) in [6, 6.07) is 22.1. The van der Waals surface area contributed by atoms with E-state index in [4.69, 9.17) is 0 Å². The Morgan fingerprint density at radius 1 is 0.931 bits per heavy atom. The lowest BCUT2D eigenvalue weighted by molar-refractivity contribution is 0.0949. The Morgan fingerprint density at radius 2 is 1.66 bits per heavy atom. The first-order valence-electron chi connectivity index (χ1n) is 9.23. The molecule has 0 bridgehead atoms. The first-order chi connectivity index (χ1) is 14.1. The summed E-state index contributed by atoms with van der Waals surface area (Å²) >= 11 is 0. The molecule has 0 aliphatic heterocycles. The van der Waals surface area contributed by atoms with Gasteiger partial charge in [-0.15, -0.1) is 0 Å². The third-order valence-electron chi connectivity index (χ3n) is 4.61. The maximum absolute atomic E-state index is 13.3. The lowest BCUT2D eigenvalue weighted by Gasteiger charge is -2.11. The summed E-state index contributed by atoms with van der Waals surface area (Å²) in [4.78, 5) is 25.7. The molecule has 0 saturated heterocycles. The molecule has 0 fully saturated rings. The maximum Gasteiger partial charge on any atom is 0.279 e. The Hall–Kier alpha value is -3.80. The molecule has 5 nitrogen and oxygen atoms in total. The average Bonchev–Trinajstić information content (AvgIpc) is 2.75. The zero-order valence-corrected chi connectivity index (χ0v) is 15.5. The van der Waals surface area contributed by atoms with Crippen molar-refractivity contribution < 1.29 is 9.18 Å². The van der Waals surface area contributed by atoms with E-state index in [0.29, 0.717) is 29.4 Å². The summed E-state index contributed by atoms with van der Waals surface area (Å²) in [6.07, 6.45) is 0.486. The van der Waals surface area contributed by atoms with Gasteiger partial charge in [-0.25, -0.2) is 4.39 Å². The average molecular weight is 387 g/mol. The summed E-state index contributed by atoms with van der Waals surface area (Å²) in [5.74, 6) is -0.696. The second kappa shape index (κ2) is 8.06. The van der Waals surface area contributed by atoms with Crippen molar-refractivity contribution in [3.63, 3.8) is 0 Å². The number of hydrogen-bond donors (Lipinski definition) is 1. The molecule has 1 N–H and O–H groups in total. The predicted octanol–water partition coefficient (Wildman–Crippen LogP) is 3.50. The molecule has 0 aliphatic rings. The Bertz CT molecular complexity index is 1240.